The van der Waals surface area contributed by atoms with Gasteiger partial charge in [0.2, 0.25) is 0 Å². The Labute approximate surface area is 174 Å². The number of hydrogen-bond acceptors (Lipinski definition) is 3. The fourth-order valence-corrected chi connectivity index (χ4v) is 3.21. The first-order chi connectivity index (χ1) is 13.5. The lowest BCUT2D eigenvalue weighted by Gasteiger charge is -2.11. The Balaban J connectivity index is 1.80. The molecule has 3 nitrogen and oxygen atoms in total. The summed E-state index contributed by atoms with van der Waals surface area (Å²) in [6.07, 6.45) is -7.99. The molecule has 29 heavy (non-hydrogen) atoms. The van der Waals surface area contributed by atoms with Crippen LogP contribution in [-0.2, 0) is 0 Å². The van der Waals surface area contributed by atoms with Gasteiger partial charge in [-0.1, -0.05) is 12.1 Å². The highest BCUT2D eigenvalue weighted by atomic mass is 127. The molecule has 0 bridgehead atoms. The highest BCUT2D eigenvalue weighted by Crippen LogP contribution is 2.31. The molecule has 0 aliphatic rings. The van der Waals surface area contributed by atoms with E-state index in [0.717, 1.165) is 3.57 Å². The fraction of sp³-hybridized carbons (Fsp3) is 0.105. The van der Waals surface area contributed by atoms with E-state index in [1.165, 1.54) is 54.7 Å². The van der Waals surface area contributed by atoms with E-state index in [0.29, 0.717) is 22.4 Å². The van der Waals surface area contributed by atoms with Crippen molar-refractivity contribution in [1.82, 2.24) is 4.98 Å². The van der Waals surface area contributed by atoms with E-state index in [4.69, 9.17) is 0 Å². The minimum atomic E-state index is -4.77. The molecule has 10 heteroatoms. The minimum Gasteiger partial charge on any atom is -0.406 e. The predicted molar refractivity (Wildman–Crippen MR) is 101 cm³/mol. The summed E-state index contributed by atoms with van der Waals surface area (Å²) < 4.78 is 81.9. The summed E-state index contributed by atoms with van der Waals surface area (Å²) in [6, 6.07) is 12.3. The van der Waals surface area contributed by atoms with E-state index in [-0.39, 0.29) is 11.5 Å². The second kappa shape index (κ2) is 8.09. The van der Waals surface area contributed by atoms with Crippen LogP contribution < -0.4 is 9.47 Å². The van der Waals surface area contributed by atoms with E-state index < -0.39 is 12.7 Å². The summed E-state index contributed by atoms with van der Waals surface area (Å²) in [5, 5.41) is 0. The van der Waals surface area contributed by atoms with Gasteiger partial charge in [-0.25, -0.2) is 0 Å². The second-order valence-electron chi connectivity index (χ2n) is 5.69. The summed E-state index contributed by atoms with van der Waals surface area (Å²) in [6.45, 7) is 0. The molecule has 0 atom stereocenters. The van der Waals surface area contributed by atoms with Crippen LogP contribution >= 0.6 is 22.6 Å². The Hall–Kier alpha value is -2.50. The molecular weight excluding hydrogens is 515 g/mol. The number of halogens is 7. The number of alkyl halides is 6. The van der Waals surface area contributed by atoms with Gasteiger partial charge in [0.25, 0.3) is 0 Å². The molecule has 0 spiro atoms. The van der Waals surface area contributed by atoms with Gasteiger partial charge in [0.1, 0.15) is 11.5 Å². The lowest BCUT2D eigenvalue weighted by molar-refractivity contribution is -0.275. The van der Waals surface area contributed by atoms with Crippen LogP contribution in [0.1, 0.15) is 0 Å². The monoisotopic (exact) mass is 525 g/mol. The molecule has 0 saturated heterocycles. The van der Waals surface area contributed by atoms with Crippen molar-refractivity contribution >= 4 is 22.6 Å². The maximum absolute atomic E-state index is 12.2. The lowest BCUT2D eigenvalue weighted by atomic mass is 10.1. The number of ether oxygens (including phenoxy) is 2. The summed E-state index contributed by atoms with van der Waals surface area (Å²) in [5.74, 6) is -0.671. The number of nitrogens with zero attached hydrogens (tertiary/aromatic N) is 1. The largest absolute Gasteiger partial charge is 0.573 e. The zero-order chi connectivity index (χ0) is 21.2. The van der Waals surface area contributed by atoms with Crippen molar-refractivity contribution in [2.45, 2.75) is 12.7 Å². The van der Waals surface area contributed by atoms with Gasteiger partial charge in [-0.05, 0) is 70.6 Å². The van der Waals surface area contributed by atoms with Crippen LogP contribution in [0.3, 0.4) is 0 Å². The summed E-state index contributed by atoms with van der Waals surface area (Å²) in [7, 11) is 0. The molecular formula is C19H10F6INO2. The van der Waals surface area contributed by atoms with Crippen LogP contribution in [-0.4, -0.2) is 17.7 Å². The molecule has 0 fully saturated rings. The predicted octanol–water partition coefficient (Wildman–Crippen LogP) is 6.82. The van der Waals surface area contributed by atoms with Crippen molar-refractivity contribution < 1.29 is 35.8 Å². The van der Waals surface area contributed by atoms with Crippen molar-refractivity contribution in [3.8, 4) is 33.9 Å². The molecule has 152 valence electrons. The maximum atomic E-state index is 12.2. The van der Waals surface area contributed by atoms with Gasteiger partial charge in [0.15, 0.2) is 0 Å². The van der Waals surface area contributed by atoms with Gasteiger partial charge in [-0.3, -0.25) is 4.98 Å². The van der Waals surface area contributed by atoms with Gasteiger partial charge in [-0.15, -0.1) is 26.3 Å². The fourth-order valence-electron chi connectivity index (χ4n) is 2.46. The Bertz CT molecular complexity index is 986. The molecule has 2 aromatic carbocycles. The van der Waals surface area contributed by atoms with Crippen molar-refractivity contribution in [1.29, 1.82) is 0 Å². The molecule has 1 heterocycles. The summed E-state index contributed by atoms with van der Waals surface area (Å²) in [4.78, 5) is 4.29. The third-order valence-corrected chi connectivity index (χ3v) is 4.53. The zero-order valence-electron chi connectivity index (χ0n) is 14.2. The maximum Gasteiger partial charge on any atom is 0.573 e. The topological polar surface area (TPSA) is 31.4 Å². The molecule has 0 saturated carbocycles. The number of rotatable bonds is 4. The molecule has 0 amide bonds. The van der Waals surface area contributed by atoms with Crippen LogP contribution in [0.15, 0.2) is 60.8 Å². The van der Waals surface area contributed by atoms with Crippen LogP contribution in [0, 0.1) is 3.57 Å². The van der Waals surface area contributed by atoms with Gasteiger partial charge in [-0.2, -0.15) is 0 Å². The van der Waals surface area contributed by atoms with Crippen molar-refractivity contribution in [3.63, 3.8) is 0 Å². The van der Waals surface area contributed by atoms with E-state index >= 15 is 0 Å². The lowest BCUT2D eigenvalue weighted by Crippen LogP contribution is -2.17. The highest BCUT2D eigenvalue weighted by Gasteiger charge is 2.31. The first-order valence-corrected chi connectivity index (χ1v) is 8.96. The van der Waals surface area contributed by atoms with Crippen molar-refractivity contribution in [2.24, 2.45) is 0 Å². The standard InChI is InChI=1S/C19H10F6INO2/c20-18(21,22)28-13-5-1-11(2-6-13)15-10-27-17(9-16(15)26)12-3-7-14(8-4-12)29-19(23,24)25/h1-10H. The zero-order valence-corrected chi connectivity index (χ0v) is 16.3. The molecule has 0 aliphatic heterocycles. The first-order valence-electron chi connectivity index (χ1n) is 7.88. The van der Waals surface area contributed by atoms with Crippen LogP contribution in [0.5, 0.6) is 11.5 Å². The molecule has 0 unspecified atom stereocenters. The summed E-state index contributed by atoms with van der Waals surface area (Å²) in [5.41, 5.74) is 2.42. The number of benzene rings is 2. The van der Waals surface area contributed by atoms with Gasteiger partial charge < -0.3 is 9.47 Å². The smallest absolute Gasteiger partial charge is 0.406 e. The van der Waals surface area contributed by atoms with Gasteiger partial charge in [0.05, 0.1) is 5.69 Å². The molecule has 0 N–H and O–H groups in total. The first kappa shape index (κ1) is 21.2. The normalized spacial score (nSPS) is 12.0. The minimum absolute atomic E-state index is 0.331. The van der Waals surface area contributed by atoms with Crippen LogP contribution in [0.4, 0.5) is 26.3 Å². The Morgan fingerprint density at radius 3 is 1.55 bits per heavy atom. The highest BCUT2D eigenvalue weighted by molar-refractivity contribution is 14.1. The van der Waals surface area contributed by atoms with E-state index in [2.05, 4.69) is 14.5 Å². The quantitative estimate of drug-likeness (QED) is 0.277. The van der Waals surface area contributed by atoms with E-state index in [1.807, 2.05) is 22.6 Å². The van der Waals surface area contributed by atoms with Gasteiger partial charge >= 0.3 is 12.7 Å². The molecule has 3 aromatic rings. The molecule has 3 rings (SSSR count). The third kappa shape index (κ3) is 5.99. The number of pyridine rings is 1. The Morgan fingerprint density at radius 1 is 0.690 bits per heavy atom. The average Bonchev–Trinajstić information content (AvgIpc) is 2.60. The van der Waals surface area contributed by atoms with E-state index in [1.54, 1.807) is 6.07 Å². The van der Waals surface area contributed by atoms with Gasteiger partial charge in [0, 0.05) is 20.9 Å². The Morgan fingerprint density at radius 2 is 1.14 bits per heavy atom. The van der Waals surface area contributed by atoms with E-state index in [9.17, 15) is 26.3 Å². The van der Waals surface area contributed by atoms with Crippen LogP contribution in [0.25, 0.3) is 22.4 Å². The molecule has 1 aromatic heterocycles. The van der Waals surface area contributed by atoms with Crippen molar-refractivity contribution in [2.75, 3.05) is 0 Å². The average molecular weight is 525 g/mol. The number of aromatic nitrogens is 1. The molecule has 0 aliphatic carbocycles. The summed E-state index contributed by atoms with van der Waals surface area (Å²) >= 11 is 2.05. The number of hydrogen-bond donors (Lipinski definition) is 0. The van der Waals surface area contributed by atoms with Crippen LogP contribution in [0.2, 0.25) is 0 Å². The SMILES string of the molecule is FC(F)(F)Oc1ccc(-c2cc(I)c(-c3ccc(OC(F)(F)F)cc3)cn2)cc1. The Kier molecular flexibility index (Phi) is 5.92. The third-order valence-electron chi connectivity index (χ3n) is 3.64. The molecule has 0 radical (unpaired) electrons. The second-order valence-corrected chi connectivity index (χ2v) is 6.86. The van der Waals surface area contributed by atoms with Crippen molar-refractivity contribution in [3.05, 3.63) is 64.4 Å².